The Kier molecular flexibility index (Phi) is 7.81. The van der Waals surface area contributed by atoms with Gasteiger partial charge in [0.1, 0.15) is 0 Å². The predicted molar refractivity (Wildman–Crippen MR) is 133 cm³/mol. The third-order valence-electron chi connectivity index (χ3n) is 6.53. The van der Waals surface area contributed by atoms with Crippen molar-refractivity contribution in [3.8, 4) is 0 Å². The molecule has 0 saturated carbocycles. The first-order valence-electron chi connectivity index (χ1n) is 11.9. The maximum Gasteiger partial charge on any atom is 0.263 e. The fourth-order valence-corrected chi connectivity index (χ4v) is 6.16. The molecule has 2 aliphatic rings. The third kappa shape index (κ3) is 5.40. The molecule has 0 radical (unpaired) electrons. The van der Waals surface area contributed by atoms with Gasteiger partial charge < -0.3 is 9.80 Å². The molecule has 2 aliphatic heterocycles. The van der Waals surface area contributed by atoms with Crippen LogP contribution in [0.2, 0.25) is 5.02 Å². The first kappa shape index (κ1) is 25.0. The Hall–Kier alpha value is -2.14. The van der Waals surface area contributed by atoms with Crippen LogP contribution < -0.4 is 4.90 Å². The standard InChI is InChI=1S/C23H33ClN6O3S/c1-3-4-9-27-10-12-29(13-11-27)23(31)21-18-26(2)25-22(21)34(32,33)30-16-14-28(15-17-30)20-7-5-19(24)6-8-20/h5-8,18H,3-4,9-17H2,1-2H3. The lowest BCUT2D eigenvalue weighted by Crippen LogP contribution is -2.50. The van der Waals surface area contributed by atoms with Gasteiger partial charge in [0.2, 0.25) is 5.03 Å². The van der Waals surface area contributed by atoms with Gasteiger partial charge in [0.05, 0.1) is 5.56 Å². The van der Waals surface area contributed by atoms with Gasteiger partial charge in [0.25, 0.3) is 15.9 Å². The average molecular weight is 509 g/mol. The molecule has 34 heavy (non-hydrogen) atoms. The summed E-state index contributed by atoms with van der Waals surface area (Å²) in [5.74, 6) is -0.262. The highest BCUT2D eigenvalue weighted by molar-refractivity contribution is 7.89. The van der Waals surface area contributed by atoms with E-state index in [4.69, 9.17) is 11.6 Å². The van der Waals surface area contributed by atoms with Crippen LogP contribution in [0.5, 0.6) is 0 Å². The molecule has 9 nitrogen and oxygen atoms in total. The fourth-order valence-electron chi connectivity index (χ4n) is 4.49. The summed E-state index contributed by atoms with van der Waals surface area (Å²) in [6.45, 7) is 7.76. The van der Waals surface area contributed by atoms with Gasteiger partial charge in [-0.2, -0.15) is 9.40 Å². The zero-order valence-corrected chi connectivity index (χ0v) is 21.4. The number of benzene rings is 1. The van der Waals surface area contributed by atoms with E-state index in [2.05, 4.69) is 21.8 Å². The summed E-state index contributed by atoms with van der Waals surface area (Å²) in [7, 11) is -2.25. The first-order chi connectivity index (χ1) is 16.3. The van der Waals surface area contributed by atoms with Crippen molar-refractivity contribution in [3.05, 3.63) is 41.0 Å². The second-order valence-corrected chi connectivity index (χ2v) is 11.2. The number of piperazine rings is 2. The molecule has 186 valence electrons. The van der Waals surface area contributed by atoms with Crippen molar-refractivity contribution in [2.75, 3.05) is 63.8 Å². The molecular weight excluding hydrogens is 476 g/mol. The van der Waals surface area contributed by atoms with Crippen LogP contribution >= 0.6 is 11.6 Å². The SMILES string of the molecule is CCCCN1CCN(C(=O)c2cn(C)nc2S(=O)(=O)N2CCN(c3ccc(Cl)cc3)CC2)CC1. The number of nitrogens with zero attached hydrogens (tertiary/aromatic N) is 6. The second kappa shape index (κ2) is 10.6. The molecule has 1 aromatic carbocycles. The monoisotopic (exact) mass is 508 g/mol. The smallest absolute Gasteiger partial charge is 0.263 e. The van der Waals surface area contributed by atoms with Crippen molar-refractivity contribution < 1.29 is 13.2 Å². The van der Waals surface area contributed by atoms with Crippen LogP contribution in [-0.2, 0) is 17.1 Å². The molecule has 11 heteroatoms. The molecule has 2 aromatic rings. The summed E-state index contributed by atoms with van der Waals surface area (Å²) in [5.41, 5.74) is 1.16. The molecule has 1 amide bonds. The Morgan fingerprint density at radius 3 is 2.26 bits per heavy atom. The number of rotatable bonds is 7. The number of carbonyl (C=O) groups excluding carboxylic acids is 1. The maximum absolute atomic E-state index is 13.5. The van der Waals surface area contributed by atoms with Crippen LogP contribution in [0.15, 0.2) is 35.5 Å². The third-order valence-corrected chi connectivity index (χ3v) is 8.61. The van der Waals surface area contributed by atoms with Gasteiger partial charge >= 0.3 is 0 Å². The van der Waals surface area contributed by atoms with Crippen molar-refractivity contribution in [2.45, 2.75) is 24.8 Å². The summed E-state index contributed by atoms with van der Waals surface area (Å²) >= 11 is 5.98. The van der Waals surface area contributed by atoms with Gasteiger partial charge in [-0.3, -0.25) is 14.4 Å². The van der Waals surface area contributed by atoms with Crippen molar-refractivity contribution in [3.63, 3.8) is 0 Å². The number of hydrogen-bond donors (Lipinski definition) is 0. The van der Waals surface area contributed by atoms with Crippen LogP contribution in [0.3, 0.4) is 0 Å². The van der Waals surface area contributed by atoms with Gasteiger partial charge in [-0.25, -0.2) is 8.42 Å². The molecule has 1 aromatic heterocycles. The number of unbranched alkanes of at least 4 members (excludes halogenated alkanes) is 1. The fraction of sp³-hybridized carbons (Fsp3) is 0.565. The number of sulfonamides is 1. The highest BCUT2D eigenvalue weighted by Gasteiger charge is 2.36. The topological polar surface area (TPSA) is 82.0 Å². The molecule has 2 saturated heterocycles. The molecule has 3 heterocycles. The molecule has 0 bridgehead atoms. The van der Waals surface area contributed by atoms with Crippen LogP contribution in [0.4, 0.5) is 5.69 Å². The summed E-state index contributed by atoms with van der Waals surface area (Å²) in [5, 5.41) is 4.74. The predicted octanol–water partition coefficient (Wildman–Crippen LogP) is 2.14. The van der Waals surface area contributed by atoms with E-state index in [1.54, 1.807) is 11.9 Å². The molecule has 0 spiro atoms. The van der Waals surface area contributed by atoms with E-state index in [-0.39, 0.29) is 16.5 Å². The zero-order valence-electron chi connectivity index (χ0n) is 19.9. The summed E-state index contributed by atoms with van der Waals surface area (Å²) < 4.78 is 29.9. The Balaban J connectivity index is 1.44. The summed E-state index contributed by atoms with van der Waals surface area (Å²) in [6, 6.07) is 7.53. The maximum atomic E-state index is 13.5. The highest BCUT2D eigenvalue weighted by Crippen LogP contribution is 2.24. The Bertz CT molecular complexity index is 1090. The first-order valence-corrected chi connectivity index (χ1v) is 13.7. The molecule has 0 atom stereocenters. The van der Waals surface area contributed by atoms with Crippen LogP contribution in [0.1, 0.15) is 30.1 Å². The van der Waals surface area contributed by atoms with E-state index in [1.165, 1.54) is 15.2 Å². The van der Waals surface area contributed by atoms with E-state index in [9.17, 15) is 13.2 Å². The molecule has 0 N–H and O–H groups in total. The van der Waals surface area contributed by atoms with Crippen LogP contribution in [0, 0.1) is 0 Å². The minimum absolute atomic E-state index is 0.145. The van der Waals surface area contributed by atoms with E-state index >= 15 is 0 Å². The number of aromatic nitrogens is 2. The summed E-state index contributed by atoms with van der Waals surface area (Å²) in [4.78, 5) is 19.5. The number of carbonyl (C=O) groups is 1. The van der Waals surface area contributed by atoms with E-state index in [1.807, 2.05) is 24.3 Å². The minimum Gasteiger partial charge on any atom is -0.369 e. The van der Waals surface area contributed by atoms with Crippen LogP contribution in [0.25, 0.3) is 0 Å². The number of aryl methyl sites for hydroxylation is 1. The van der Waals surface area contributed by atoms with E-state index in [0.717, 1.165) is 38.2 Å². The average Bonchev–Trinajstić information content (AvgIpc) is 3.26. The lowest BCUT2D eigenvalue weighted by molar-refractivity contribution is 0.0631. The molecule has 0 aliphatic carbocycles. The highest BCUT2D eigenvalue weighted by atomic mass is 35.5. The molecule has 4 rings (SSSR count). The summed E-state index contributed by atoms with van der Waals surface area (Å²) in [6.07, 6.45) is 3.82. The Morgan fingerprint density at radius 2 is 1.65 bits per heavy atom. The van der Waals surface area contributed by atoms with Crippen molar-refractivity contribution in [1.29, 1.82) is 0 Å². The second-order valence-electron chi connectivity index (χ2n) is 8.88. The largest absolute Gasteiger partial charge is 0.369 e. The number of amides is 1. The molecule has 0 unspecified atom stereocenters. The van der Waals surface area contributed by atoms with E-state index < -0.39 is 10.0 Å². The quantitative estimate of drug-likeness (QED) is 0.570. The van der Waals surface area contributed by atoms with Crippen molar-refractivity contribution >= 4 is 33.2 Å². The van der Waals surface area contributed by atoms with Gasteiger partial charge in [0.15, 0.2) is 0 Å². The molecule has 2 fully saturated rings. The van der Waals surface area contributed by atoms with Gasteiger partial charge in [-0.05, 0) is 37.2 Å². The number of halogens is 1. The van der Waals surface area contributed by atoms with Gasteiger partial charge in [-0.1, -0.05) is 24.9 Å². The lowest BCUT2D eigenvalue weighted by Gasteiger charge is -2.36. The van der Waals surface area contributed by atoms with Crippen molar-refractivity contribution in [1.82, 2.24) is 23.9 Å². The Labute approximate surface area is 206 Å². The number of anilines is 1. The van der Waals surface area contributed by atoms with Gasteiger partial charge in [0, 0.05) is 76.3 Å². The molecular formula is C23H33ClN6O3S. The lowest BCUT2D eigenvalue weighted by atomic mass is 10.2. The Morgan fingerprint density at radius 1 is 1.00 bits per heavy atom. The number of hydrogen-bond acceptors (Lipinski definition) is 6. The van der Waals surface area contributed by atoms with Crippen molar-refractivity contribution in [2.24, 2.45) is 7.05 Å². The normalized spacial score (nSPS) is 18.4. The van der Waals surface area contributed by atoms with Gasteiger partial charge in [-0.15, -0.1) is 0 Å². The minimum atomic E-state index is -3.89. The van der Waals surface area contributed by atoms with E-state index in [0.29, 0.717) is 44.3 Å². The van der Waals surface area contributed by atoms with Crippen LogP contribution in [-0.4, -0.2) is 97.1 Å². The zero-order chi connectivity index (χ0) is 24.3.